The number of hydrogen-bond donors (Lipinski definition) is 1. The van der Waals surface area contributed by atoms with Crippen LogP contribution in [0.4, 0.5) is 0 Å². The van der Waals surface area contributed by atoms with Gasteiger partial charge in [0, 0.05) is 21.6 Å². The topological polar surface area (TPSA) is 29.1 Å². The molecule has 1 aromatic carbocycles. The van der Waals surface area contributed by atoms with Gasteiger partial charge in [-0.25, -0.2) is 0 Å². The fourth-order valence-electron chi connectivity index (χ4n) is 2.39. The van der Waals surface area contributed by atoms with Gasteiger partial charge in [0.05, 0.1) is 5.25 Å². The second-order valence-corrected chi connectivity index (χ2v) is 8.62. The highest BCUT2D eigenvalue weighted by atomic mass is 32.2. The van der Waals surface area contributed by atoms with E-state index in [2.05, 4.69) is 64.2 Å². The molecule has 20 heavy (non-hydrogen) atoms. The third-order valence-electron chi connectivity index (χ3n) is 3.43. The quantitative estimate of drug-likeness (QED) is 0.822. The van der Waals surface area contributed by atoms with Gasteiger partial charge in [0.15, 0.2) is 0 Å². The van der Waals surface area contributed by atoms with E-state index in [0.29, 0.717) is 0 Å². The molecule has 1 N–H and O–H groups in total. The van der Waals surface area contributed by atoms with Crippen LogP contribution in [0.5, 0.6) is 0 Å². The standard InChI is InChI=1S/C17H29NOS/c1-6-13-18-16(14-11-9-8-10-12-14)15(7-2)20(19)17(3,4)5/h8-12,15-16,18H,6-7,13H2,1-5H3. The lowest BCUT2D eigenvalue weighted by atomic mass is 10.0. The normalized spacial score (nSPS) is 16.6. The Kier molecular flexibility index (Phi) is 6.90. The molecule has 0 aromatic heterocycles. The summed E-state index contributed by atoms with van der Waals surface area (Å²) in [6.07, 6.45) is 2.00. The summed E-state index contributed by atoms with van der Waals surface area (Å²) < 4.78 is 12.7. The predicted octanol–water partition coefficient (Wildman–Crippen LogP) is 4.05. The minimum atomic E-state index is -0.872. The monoisotopic (exact) mass is 295 g/mol. The van der Waals surface area contributed by atoms with Crippen molar-refractivity contribution in [2.45, 2.75) is 63.5 Å². The maximum atomic E-state index is 12.8. The Hall–Kier alpha value is -0.670. The summed E-state index contributed by atoms with van der Waals surface area (Å²) in [5.41, 5.74) is 1.24. The lowest BCUT2D eigenvalue weighted by Gasteiger charge is -2.32. The van der Waals surface area contributed by atoms with Crippen LogP contribution in [-0.2, 0) is 10.8 Å². The molecule has 0 spiro atoms. The van der Waals surface area contributed by atoms with Crippen molar-refractivity contribution in [3.63, 3.8) is 0 Å². The second kappa shape index (κ2) is 7.94. The van der Waals surface area contributed by atoms with Crippen LogP contribution in [0, 0.1) is 0 Å². The number of nitrogens with one attached hydrogen (secondary N) is 1. The van der Waals surface area contributed by atoms with E-state index < -0.39 is 10.8 Å². The summed E-state index contributed by atoms with van der Waals surface area (Å²) in [5, 5.41) is 3.74. The Balaban J connectivity index is 3.04. The summed E-state index contributed by atoms with van der Waals surface area (Å²) >= 11 is 0. The molecule has 0 aliphatic rings. The predicted molar refractivity (Wildman–Crippen MR) is 89.5 cm³/mol. The molecule has 3 unspecified atom stereocenters. The fraction of sp³-hybridized carbons (Fsp3) is 0.647. The molecule has 0 amide bonds. The molecule has 0 heterocycles. The van der Waals surface area contributed by atoms with Crippen molar-refractivity contribution in [3.05, 3.63) is 35.9 Å². The van der Waals surface area contributed by atoms with Gasteiger partial charge in [0.1, 0.15) is 0 Å². The SMILES string of the molecule is CCCNC(c1ccccc1)C(CC)S(=O)C(C)(C)C. The molecule has 114 valence electrons. The number of benzene rings is 1. The third kappa shape index (κ3) is 4.71. The van der Waals surface area contributed by atoms with Gasteiger partial charge in [0.2, 0.25) is 0 Å². The zero-order valence-corrected chi connectivity index (χ0v) is 14.3. The van der Waals surface area contributed by atoms with Crippen LogP contribution in [0.15, 0.2) is 30.3 Å². The first-order valence-corrected chi connectivity index (χ1v) is 8.82. The first-order chi connectivity index (χ1) is 9.41. The van der Waals surface area contributed by atoms with Crippen LogP contribution >= 0.6 is 0 Å². The minimum absolute atomic E-state index is 0.143. The van der Waals surface area contributed by atoms with Gasteiger partial charge >= 0.3 is 0 Å². The third-order valence-corrected chi connectivity index (χ3v) is 5.79. The summed E-state index contributed by atoms with van der Waals surface area (Å²) in [6, 6.07) is 10.6. The minimum Gasteiger partial charge on any atom is -0.309 e. The van der Waals surface area contributed by atoms with Crippen LogP contribution < -0.4 is 5.32 Å². The number of rotatable bonds is 7. The van der Waals surface area contributed by atoms with E-state index in [1.54, 1.807) is 0 Å². The van der Waals surface area contributed by atoms with Crippen LogP contribution in [0.25, 0.3) is 0 Å². The van der Waals surface area contributed by atoms with Gasteiger partial charge in [-0.05, 0) is 45.7 Å². The molecular weight excluding hydrogens is 266 g/mol. The molecule has 3 heteroatoms. The smallest absolute Gasteiger partial charge is 0.0545 e. The van der Waals surface area contributed by atoms with Crippen LogP contribution in [0.2, 0.25) is 0 Å². The van der Waals surface area contributed by atoms with Crippen LogP contribution in [0.1, 0.15) is 59.1 Å². The van der Waals surface area contributed by atoms with Crippen molar-refractivity contribution in [1.82, 2.24) is 5.32 Å². The van der Waals surface area contributed by atoms with Crippen molar-refractivity contribution in [3.8, 4) is 0 Å². The average molecular weight is 295 g/mol. The Morgan fingerprint density at radius 2 is 1.75 bits per heavy atom. The highest BCUT2D eigenvalue weighted by Gasteiger charge is 2.33. The van der Waals surface area contributed by atoms with Crippen molar-refractivity contribution >= 4 is 10.8 Å². The Morgan fingerprint density at radius 3 is 2.20 bits per heavy atom. The van der Waals surface area contributed by atoms with Gasteiger partial charge in [-0.3, -0.25) is 4.21 Å². The average Bonchev–Trinajstić information content (AvgIpc) is 2.43. The zero-order chi connectivity index (χ0) is 15.2. The molecule has 2 nitrogen and oxygen atoms in total. The molecule has 0 bridgehead atoms. The van der Waals surface area contributed by atoms with Crippen molar-refractivity contribution in [2.75, 3.05) is 6.54 Å². The first-order valence-electron chi connectivity index (χ1n) is 7.60. The van der Waals surface area contributed by atoms with Gasteiger partial charge in [-0.2, -0.15) is 0 Å². The molecule has 0 aliphatic carbocycles. The second-order valence-electron chi connectivity index (χ2n) is 6.20. The largest absolute Gasteiger partial charge is 0.309 e. The molecule has 0 saturated heterocycles. The maximum Gasteiger partial charge on any atom is 0.0545 e. The van der Waals surface area contributed by atoms with Gasteiger partial charge < -0.3 is 5.32 Å². The zero-order valence-electron chi connectivity index (χ0n) is 13.5. The van der Waals surface area contributed by atoms with E-state index in [0.717, 1.165) is 19.4 Å². The highest BCUT2D eigenvalue weighted by molar-refractivity contribution is 7.87. The van der Waals surface area contributed by atoms with E-state index in [9.17, 15) is 4.21 Å². The van der Waals surface area contributed by atoms with Gasteiger partial charge in [-0.15, -0.1) is 0 Å². The molecule has 0 aliphatic heterocycles. The molecule has 0 fully saturated rings. The lowest BCUT2D eigenvalue weighted by Crippen LogP contribution is -2.40. The fourth-order valence-corrected chi connectivity index (χ4v) is 4.10. The lowest BCUT2D eigenvalue weighted by molar-refractivity contribution is 0.489. The molecule has 1 rings (SSSR count). The molecule has 3 atom stereocenters. The summed E-state index contributed by atoms with van der Waals surface area (Å²) in [5.74, 6) is 0. The Morgan fingerprint density at radius 1 is 1.15 bits per heavy atom. The van der Waals surface area contributed by atoms with E-state index in [-0.39, 0.29) is 16.0 Å². The van der Waals surface area contributed by atoms with E-state index in [1.807, 2.05) is 6.07 Å². The van der Waals surface area contributed by atoms with Crippen molar-refractivity contribution < 1.29 is 4.21 Å². The molecule has 1 aromatic rings. The highest BCUT2D eigenvalue weighted by Crippen LogP contribution is 2.28. The maximum absolute atomic E-state index is 12.8. The summed E-state index contributed by atoms with van der Waals surface area (Å²) in [4.78, 5) is 0. The molecular formula is C17H29NOS. The summed E-state index contributed by atoms with van der Waals surface area (Å²) in [7, 11) is -0.872. The Bertz CT molecular complexity index is 411. The number of hydrogen-bond acceptors (Lipinski definition) is 2. The van der Waals surface area contributed by atoms with Crippen molar-refractivity contribution in [2.24, 2.45) is 0 Å². The molecule has 0 saturated carbocycles. The van der Waals surface area contributed by atoms with Gasteiger partial charge in [0.25, 0.3) is 0 Å². The van der Waals surface area contributed by atoms with Crippen LogP contribution in [-0.4, -0.2) is 20.8 Å². The van der Waals surface area contributed by atoms with E-state index >= 15 is 0 Å². The van der Waals surface area contributed by atoms with Gasteiger partial charge in [-0.1, -0.05) is 44.2 Å². The Labute approximate surface area is 126 Å². The van der Waals surface area contributed by atoms with E-state index in [4.69, 9.17) is 0 Å². The van der Waals surface area contributed by atoms with E-state index in [1.165, 1.54) is 5.56 Å². The first kappa shape index (κ1) is 17.4. The van der Waals surface area contributed by atoms with Crippen LogP contribution in [0.3, 0.4) is 0 Å². The van der Waals surface area contributed by atoms with Crippen molar-refractivity contribution in [1.29, 1.82) is 0 Å². The molecule has 0 radical (unpaired) electrons. The summed E-state index contributed by atoms with van der Waals surface area (Å²) in [6.45, 7) is 11.4.